The highest BCUT2D eigenvalue weighted by atomic mass is 79.9. The summed E-state index contributed by atoms with van der Waals surface area (Å²) in [5.41, 5.74) is 4.73. The van der Waals surface area contributed by atoms with Crippen LogP contribution in [0.3, 0.4) is 0 Å². The van der Waals surface area contributed by atoms with Gasteiger partial charge in [0.25, 0.3) is 5.91 Å². The van der Waals surface area contributed by atoms with Crippen LogP contribution >= 0.6 is 27.5 Å². The maximum atomic E-state index is 12.2. The quantitative estimate of drug-likeness (QED) is 0.777. The maximum Gasteiger partial charge on any atom is 0.275 e. The van der Waals surface area contributed by atoms with Crippen molar-refractivity contribution >= 4 is 50.5 Å². The second kappa shape index (κ2) is 5.28. The minimum atomic E-state index is -0.189. The van der Waals surface area contributed by atoms with E-state index in [0.717, 1.165) is 26.9 Å². The van der Waals surface area contributed by atoms with Crippen molar-refractivity contribution in [2.45, 2.75) is 13.8 Å². The van der Waals surface area contributed by atoms with Crippen LogP contribution < -0.4 is 5.32 Å². The van der Waals surface area contributed by atoms with E-state index in [2.05, 4.69) is 26.2 Å². The topological polar surface area (TPSA) is 41.5 Å². The fraction of sp³-hybridized carbons (Fsp3) is 0.125. The lowest BCUT2D eigenvalue weighted by Crippen LogP contribution is -2.14. The van der Waals surface area contributed by atoms with Gasteiger partial charge in [-0.1, -0.05) is 33.6 Å². The third kappa shape index (κ3) is 2.61. The van der Waals surface area contributed by atoms with Crippen LogP contribution in [0.25, 0.3) is 0 Å². The Balaban J connectivity index is 2.19. The molecular formula is C16H12BrClN2O. The van der Waals surface area contributed by atoms with E-state index >= 15 is 0 Å². The van der Waals surface area contributed by atoms with Gasteiger partial charge in [-0.25, -0.2) is 4.99 Å². The summed E-state index contributed by atoms with van der Waals surface area (Å²) in [6.07, 6.45) is 0. The van der Waals surface area contributed by atoms with E-state index in [0.29, 0.717) is 16.4 Å². The smallest absolute Gasteiger partial charge is 0.275 e. The number of benzene rings is 2. The highest BCUT2D eigenvalue weighted by Gasteiger charge is 2.27. The van der Waals surface area contributed by atoms with Crippen molar-refractivity contribution < 1.29 is 4.79 Å². The maximum absolute atomic E-state index is 12.2. The van der Waals surface area contributed by atoms with Crippen LogP contribution in [0.1, 0.15) is 16.7 Å². The molecule has 1 heterocycles. The molecule has 3 rings (SSSR count). The van der Waals surface area contributed by atoms with E-state index in [4.69, 9.17) is 11.6 Å². The number of anilines is 1. The van der Waals surface area contributed by atoms with Crippen LogP contribution in [0.2, 0.25) is 5.02 Å². The molecule has 1 N–H and O–H groups in total. The molecule has 0 bridgehead atoms. The highest BCUT2D eigenvalue weighted by molar-refractivity contribution is 9.10. The summed E-state index contributed by atoms with van der Waals surface area (Å²) >= 11 is 9.47. The fourth-order valence-electron chi connectivity index (χ4n) is 2.33. The molecule has 1 aliphatic rings. The van der Waals surface area contributed by atoms with Crippen LogP contribution in [0.5, 0.6) is 0 Å². The highest BCUT2D eigenvalue weighted by Crippen LogP contribution is 2.33. The molecule has 0 radical (unpaired) electrons. The minimum Gasteiger partial charge on any atom is -0.320 e. The number of aliphatic imine (C=N–C) groups is 1. The SMILES string of the molecule is Cc1ccc(Cl)cc1N=C1C(=O)Nc2c(C)cc(Br)cc21. The standard InChI is InChI=1S/C16H12BrClN2O/c1-8-3-4-11(18)7-13(8)19-15-12-6-10(17)5-9(2)14(12)20-16(15)21/h3-7H,1-2H3,(H,19,20,21). The van der Waals surface area contributed by atoms with Gasteiger partial charge in [0.1, 0.15) is 5.71 Å². The predicted octanol–water partition coefficient (Wildman–Crippen LogP) is 4.79. The third-order valence-electron chi connectivity index (χ3n) is 3.41. The molecule has 21 heavy (non-hydrogen) atoms. The number of amides is 1. The van der Waals surface area contributed by atoms with Gasteiger partial charge in [0.15, 0.2) is 0 Å². The molecule has 5 heteroatoms. The first kappa shape index (κ1) is 14.3. The van der Waals surface area contributed by atoms with Gasteiger partial charge in [-0.3, -0.25) is 4.79 Å². The largest absolute Gasteiger partial charge is 0.320 e. The monoisotopic (exact) mass is 362 g/mol. The lowest BCUT2D eigenvalue weighted by molar-refractivity contribution is -0.110. The first-order valence-corrected chi connectivity index (χ1v) is 7.59. The Labute approximate surface area is 136 Å². The molecule has 2 aromatic rings. The second-order valence-electron chi connectivity index (χ2n) is 4.99. The van der Waals surface area contributed by atoms with Crippen LogP contribution in [0, 0.1) is 13.8 Å². The molecular weight excluding hydrogens is 352 g/mol. The number of fused-ring (bicyclic) bond motifs is 1. The van der Waals surface area contributed by atoms with E-state index in [-0.39, 0.29) is 5.91 Å². The van der Waals surface area contributed by atoms with Crippen molar-refractivity contribution in [1.82, 2.24) is 0 Å². The first-order valence-electron chi connectivity index (χ1n) is 6.42. The number of nitrogens with one attached hydrogen (secondary N) is 1. The molecule has 0 unspecified atom stereocenters. The Kier molecular flexibility index (Phi) is 3.59. The molecule has 2 aromatic carbocycles. The molecule has 0 saturated carbocycles. The van der Waals surface area contributed by atoms with E-state index in [1.807, 2.05) is 38.1 Å². The summed E-state index contributed by atoms with van der Waals surface area (Å²) in [5, 5.41) is 3.47. The average Bonchev–Trinajstić information content (AvgIpc) is 2.72. The number of carbonyl (C=O) groups excluding carboxylic acids is 1. The van der Waals surface area contributed by atoms with Gasteiger partial charge >= 0.3 is 0 Å². The van der Waals surface area contributed by atoms with Crippen molar-refractivity contribution in [2.75, 3.05) is 5.32 Å². The predicted molar refractivity (Wildman–Crippen MR) is 89.9 cm³/mol. The van der Waals surface area contributed by atoms with Gasteiger partial charge in [0.2, 0.25) is 0 Å². The van der Waals surface area contributed by atoms with Crippen molar-refractivity contribution in [3.63, 3.8) is 0 Å². The van der Waals surface area contributed by atoms with Crippen molar-refractivity contribution in [1.29, 1.82) is 0 Å². The number of nitrogens with zero attached hydrogens (tertiary/aromatic N) is 1. The number of rotatable bonds is 1. The van der Waals surface area contributed by atoms with Gasteiger partial charge in [0.05, 0.1) is 11.4 Å². The number of halogens is 2. The van der Waals surface area contributed by atoms with Crippen molar-refractivity contribution in [2.24, 2.45) is 4.99 Å². The Bertz CT molecular complexity index is 799. The Morgan fingerprint density at radius 2 is 1.90 bits per heavy atom. The Morgan fingerprint density at radius 3 is 2.67 bits per heavy atom. The van der Waals surface area contributed by atoms with Gasteiger partial charge in [-0.15, -0.1) is 0 Å². The molecule has 0 saturated heterocycles. The van der Waals surface area contributed by atoms with Crippen LogP contribution in [-0.2, 0) is 4.79 Å². The minimum absolute atomic E-state index is 0.189. The van der Waals surface area contributed by atoms with E-state index < -0.39 is 0 Å². The number of hydrogen-bond acceptors (Lipinski definition) is 2. The van der Waals surface area contributed by atoms with Crippen molar-refractivity contribution in [3.05, 3.63) is 56.5 Å². The van der Waals surface area contributed by atoms with E-state index in [1.54, 1.807) is 6.07 Å². The lowest BCUT2D eigenvalue weighted by atomic mass is 10.1. The zero-order valence-electron chi connectivity index (χ0n) is 11.5. The van der Waals surface area contributed by atoms with Crippen LogP contribution in [-0.4, -0.2) is 11.6 Å². The molecule has 0 atom stereocenters. The molecule has 1 amide bonds. The van der Waals surface area contributed by atoms with Gasteiger partial charge < -0.3 is 5.32 Å². The number of aryl methyl sites for hydroxylation is 2. The van der Waals surface area contributed by atoms with Crippen molar-refractivity contribution in [3.8, 4) is 0 Å². The average molecular weight is 364 g/mol. The van der Waals surface area contributed by atoms with Gasteiger partial charge in [0, 0.05) is 15.1 Å². The van der Waals surface area contributed by atoms with Crippen LogP contribution in [0.15, 0.2) is 39.8 Å². The van der Waals surface area contributed by atoms with Gasteiger partial charge in [-0.2, -0.15) is 0 Å². The number of hydrogen-bond donors (Lipinski definition) is 1. The summed E-state index contributed by atoms with van der Waals surface area (Å²) in [6, 6.07) is 9.33. The molecule has 0 aliphatic carbocycles. The van der Waals surface area contributed by atoms with Gasteiger partial charge in [-0.05, 0) is 49.2 Å². The third-order valence-corrected chi connectivity index (χ3v) is 4.11. The number of carbonyl (C=O) groups is 1. The van der Waals surface area contributed by atoms with E-state index in [1.165, 1.54) is 0 Å². The van der Waals surface area contributed by atoms with E-state index in [9.17, 15) is 4.79 Å². The molecule has 106 valence electrons. The molecule has 1 aliphatic heterocycles. The zero-order chi connectivity index (χ0) is 15.1. The normalized spacial score (nSPS) is 15.2. The summed E-state index contributed by atoms with van der Waals surface area (Å²) in [6.45, 7) is 3.90. The first-order chi connectivity index (χ1) is 9.95. The molecule has 3 nitrogen and oxygen atoms in total. The Hall–Kier alpha value is -1.65. The Morgan fingerprint density at radius 1 is 1.14 bits per heavy atom. The van der Waals surface area contributed by atoms with Crippen LogP contribution in [0.4, 0.5) is 11.4 Å². The lowest BCUT2D eigenvalue weighted by Gasteiger charge is -2.04. The molecule has 0 spiro atoms. The molecule has 0 aromatic heterocycles. The molecule has 0 fully saturated rings. The zero-order valence-corrected chi connectivity index (χ0v) is 13.8. The summed E-state index contributed by atoms with van der Waals surface area (Å²) in [5.74, 6) is -0.189. The fourth-order valence-corrected chi connectivity index (χ4v) is 3.06. The second-order valence-corrected chi connectivity index (χ2v) is 6.34. The summed E-state index contributed by atoms with van der Waals surface area (Å²) in [4.78, 5) is 16.7. The summed E-state index contributed by atoms with van der Waals surface area (Å²) < 4.78 is 0.922. The summed E-state index contributed by atoms with van der Waals surface area (Å²) in [7, 11) is 0.